The molecule has 0 saturated carbocycles. The van der Waals surface area contributed by atoms with Crippen molar-refractivity contribution in [1.29, 1.82) is 0 Å². The quantitative estimate of drug-likeness (QED) is 0.856. The van der Waals surface area contributed by atoms with Crippen LogP contribution in [0.2, 0.25) is 0 Å². The van der Waals surface area contributed by atoms with Gasteiger partial charge in [0.05, 0.1) is 7.11 Å². The van der Waals surface area contributed by atoms with E-state index in [1.807, 2.05) is 6.92 Å². The summed E-state index contributed by atoms with van der Waals surface area (Å²) >= 11 is 0. The van der Waals surface area contributed by atoms with Crippen molar-refractivity contribution in [3.8, 4) is 11.5 Å². The van der Waals surface area contributed by atoms with E-state index in [2.05, 4.69) is 5.32 Å². The first kappa shape index (κ1) is 11.1. The minimum atomic E-state index is -0.943. The molecule has 5 heteroatoms. The van der Waals surface area contributed by atoms with Crippen LogP contribution in [0.25, 0.3) is 0 Å². The maximum absolute atomic E-state index is 13.1. The fourth-order valence-corrected chi connectivity index (χ4v) is 1.56. The fraction of sp³-hybridized carbons (Fsp3) is 0.455. The zero-order valence-corrected chi connectivity index (χ0v) is 9.14. The minimum Gasteiger partial charge on any atom is -0.493 e. The first-order valence-corrected chi connectivity index (χ1v) is 4.97. The summed E-state index contributed by atoms with van der Waals surface area (Å²) in [5.74, 6) is -1.45. The topological polar surface area (TPSA) is 30.5 Å². The van der Waals surface area contributed by atoms with E-state index in [4.69, 9.17) is 9.47 Å². The Bertz CT molecular complexity index is 405. The van der Waals surface area contributed by atoms with Gasteiger partial charge in [-0.3, -0.25) is 0 Å². The van der Waals surface area contributed by atoms with Gasteiger partial charge in [-0.1, -0.05) is 0 Å². The van der Waals surface area contributed by atoms with Crippen molar-refractivity contribution in [2.24, 2.45) is 0 Å². The lowest BCUT2D eigenvalue weighted by Gasteiger charge is -2.39. The highest BCUT2D eigenvalue weighted by atomic mass is 19.2. The molecule has 1 heterocycles. The van der Waals surface area contributed by atoms with Crippen molar-refractivity contribution in [3.05, 3.63) is 23.8 Å². The molecule has 0 aliphatic carbocycles. The molecule has 0 spiro atoms. The van der Waals surface area contributed by atoms with Crippen LogP contribution in [0.1, 0.15) is 6.92 Å². The Morgan fingerprint density at radius 1 is 1.19 bits per heavy atom. The van der Waals surface area contributed by atoms with E-state index in [1.54, 1.807) is 0 Å². The number of ether oxygens (including phenoxy) is 2. The van der Waals surface area contributed by atoms with Crippen LogP contribution in [0.15, 0.2) is 12.1 Å². The molecule has 0 aromatic heterocycles. The van der Waals surface area contributed by atoms with Crippen LogP contribution in [0, 0.1) is 11.6 Å². The van der Waals surface area contributed by atoms with Crippen molar-refractivity contribution >= 4 is 0 Å². The molecule has 1 fully saturated rings. The van der Waals surface area contributed by atoms with Crippen LogP contribution in [0.4, 0.5) is 8.78 Å². The molecular formula is C11H13F2NO2. The molecule has 1 saturated heterocycles. The maximum Gasteiger partial charge on any atom is 0.165 e. The summed E-state index contributed by atoms with van der Waals surface area (Å²) in [4.78, 5) is 0. The van der Waals surface area contributed by atoms with E-state index in [0.29, 0.717) is 13.1 Å². The average molecular weight is 229 g/mol. The van der Waals surface area contributed by atoms with Crippen molar-refractivity contribution in [2.75, 3.05) is 20.2 Å². The van der Waals surface area contributed by atoms with Gasteiger partial charge in [0.15, 0.2) is 23.1 Å². The third-order valence-corrected chi connectivity index (χ3v) is 2.56. The number of benzene rings is 1. The molecule has 0 amide bonds. The van der Waals surface area contributed by atoms with Crippen LogP contribution in [0.5, 0.6) is 11.5 Å². The molecule has 0 radical (unpaired) electrons. The molecule has 3 nitrogen and oxygen atoms in total. The number of halogens is 2. The summed E-state index contributed by atoms with van der Waals surface area (Å²) < 4.78 is 36.6. The van der Waals surface area contributed by atoms with Gasteiger partial charge in [0.1, 0.15) is 5.60 Å². The normalized spacial score (nSPS) is 17.8. The summed E-state index contributed by atoms with van der Waals surface area (Å²) in [6.07, 6.45) is 0. The predicted octanol–water partition coefficient (Wildman–Crippen LogP) is 1.71. The van der Waals surface area contributed by atoms with E-state index in [1.165, 1.54) is 7.11 Å². The highest BCUT2D eigenvalue weighted by Crippen LogP contribution is 2.33. The van der Waals surface area contributed by atoms with Crippen LogP contribution in [-0.4, -0.2) is 25.8 Å². The first-order valence-electron chi connectivity index (χ1n) is 4.97. The van der Waals surface area contributed by atoms with Gasteiger partial charge in [-0.2, -0.15) is 0 Å². The van der Waals surface area contributed by atoms with Crippen molar-refractivity contribution in [3.63, 3.8) is 0 Å². The van der Waals surface area contributed by atoms with Crippen molar-refractivity contribution < 1.29 is 18.3 Å². The number of hydrogen-bond acceptors (Lipinski definition) is 3. The van der Waals surface area contributed by atoms with Gasteiger partial charge >= 0.3 is 0 Å². The molecule has 0 bridgehead atoms. The Labute approximate surface area is 92.4 Å². The number of hydrogen-bond donors (Lipinski definition) is 1. The van der Waals surface area contributed by atoms with Crippen LogP contribution in [-0.2, 0) is 0 Å². The lowest BCUT2D eigenvalue weighted by atomic mass is 10.00. The fourth-order valence-electron chi connectivity index (χ4n) is 1.56. The maximum atomic E-state index is 13.1. The molecule has 16 heavy (non-hydrogen) atoms. The second-order valence-electron chi connectivity index (χ2n) is 4.07. The predicted molar refractivity (Wildman–Crippen MR) is 54.8 cm³/mol. The van der Waals surface area contributed by atoms with Gasteiger partial charge in [-0.15, -0.1) is 0 Å². The van der Waals surface area contributed by atoms with Crippen molar-refractivity contribution in [1.82, 2.24) is 5.32 Å². The number of rotatable bonds is 3. The zero-order chi connectivity index (χ0) is 11.8. The largest absolute Gasteiger partial charge is 0.493 e. The Morgan fingerprint density at radius 3 is 2.19 bits per heavy atom. The molecule has 88 valence electrons. The highest BCUT2D eigenvalue weighted by molar-refractivity contribution is 5.41. The SMILES string of the molecule is COc1cc(F)c(F)cc1OC1(C)CNC1. The second-order valence-corrected chi connectivity index (χ2v) is 4.07. The Morgan fingerprint density at radius 2 is 1.75 bits per heavy atom. The summed E-state index contributed by atoms with van der Waals surface area (Å²) in [5.41, 5.74) is -0.377. The first-order chi connectivity index (χ1) is 7.54. The van der Waals surface area contributed by atoms with Crippen molar-refractivity contribution in [2.45, 2.75) is 12.5 Å². The van der Waals surface area contributed by atoms with Crippen LogP contribution in [0.3, 0.4) is 0 Å². The lowest BCUT2D eigenvalue weighted by Crippen LogP contribution is -2.61. The lowest BCUT2D eigenvalue weighted by molar-refractivity contribution is 0.0319. The summed E-state index contributed by atoms with van der Waals surface area (Å²) in [6.45, 7) is 3.24. The highest BCUT2D eigenvalue weighted by Gasteiger charge is 2.34. The molecule has 1 N–H and O–H groups in total. The Balaban J connectivity index is 2.28. The third kappa shape index (κ3) is 1.95. The van der Waals surface area contributed by atoms with Gasteiger partial charge in [0, 0.05) is 25.2 Å². The van der Waals surface area contributed by atoms with Gasteiger partial charge in [-0.05, 0) is 6.92 Å². The van der Waals surface area contributed by atoms with Crippen LogP contribution >= 0.6 is 0 Å². The Hall–Kier alpha value is -1.36. The van der Waals surface area contributed by atoms with Gasteiger partial charge in [0.25, 0.3) is 0 Å². The minimum absolute atomic E-state index is 0.201. The molecule has 2 rings (SSSR count). The van der Waals surface area contributed by atoms with E-state index in [9.17, 15) is 8.78 Å². The summed E-state index contributed by atoms with van der Waals surface area (Å²) in [5, 5.41) is 3.05. The van der Waals surface area contributed by atoms with E-state index >= 15 is 0 Å². The molecule has 0 unspecified atom stereocenters. The summed E-state index contributed by atoms with van der Waals surface area (Å²) in [7, 11) is 1.39. The van der Waals surface area contributed by atoms with Gasteiger partial charge in [-0.25, -0.2) is 8.78 Å². The number of nitrogens with one attached hydrogen (secondary N) is 1. The molecule has 1 aliphatic heterocycles. The van der Waals surface area contributed by atoms with E-state index in [-0.39, 0.29) is 17.1 Å². The molecular weight excluding hydrogens is 216 g/mol. The smallest absolute Gasteiger partial charge is 0.165 e. The van der Waals surface area contributed by atoms with Gasteiger partial charge < -0.3 is 14.8 Å². The molecule has 1 aromatic rings. The number of methoxy groups -OCH3 is 1. The molecule has 1 aromatic carbocycles. The van der Waals surface area contributed by atoms with Gasteiger partial charge in [0.2, 0.25) is 0 Å². The van der Waals surface area contributed by atoms with E-state index < -0.39 is 11.6 Å². The van der Waals surface area contributed by atoms with E-state index in [0.717, 1.165) is 12.1 Å². The van der Waals surface area contributed by atoms with Crippen LogP contribution < -0.4 is 14.8 Å². The second kappa shape index (κ2) is 3.90. The molecule has 1 aliphatic rings. The monoisotopic (exact) mass is 229 g/mol. The standard InChI is InChI=1S/C11H13F2NO2/c1-11(5-14-6-11)16-10-4-8(13)7(12)3-9(10)15-2/h3-4,14H,5-6H2,1-2H3. The molecule has 0 atom stereocenters. The third-order valence-electron chi connectivity index (χ3n) is 2.56. The average Bonchev–Trinajstić information content (AvgIpc) is 2.21. The summed E-state index contributed by atoms with van der Waals surface area (Å²) in [6, 6.07) is 2.00. The zero-order valence-electron chi connectivity index (χ0n) is 9.14. The Kier molecular flexibility index (Phi) is 2.71.